The van der Waals surface area contributed by atoms with Crippen molar-refractivity contribution in [1.29, 1.82) is 0 Å². The Morgan fingerprint density at radius 3 is 2.42 bits per heavy atom. The van der Waals surface area contributed by atoms with Gasteiger partial charge in [-0.3, -0.25) is 0 Å². The first-order valence-corrected chi connectivity index (χ1v) is 5.99. The largest absolute Gasteiger partial charge is 0.489 e. The Morgan fingerprint density at radius 2 is 1.79 bits per heavy atom. The van der Waals surface area contributed by atoms with E-state index in [4.69, 9.17) is 10.5 Å². The normalized spacial score (nSPS) is 12.2. The highest BCUT2D eigenvalue weighted by Crippen LogP contribution is 2.18. The van der Waals surface area contributed by atoms with E-state index >= 15 is 0 Å². The van der Waals surface area contributed by atoms with Crippen molar-refractivity contribution in [2.24, 2.45) is 5.73 Å². The number of hydrogen-bond acceptors (Lipinski definition) is 2. The predicted molar refractivity (Wildman–Crippen MR) is 69.7 cm³/mol. The Morgan fingerprint density at radius 1 is 1.11 bits per heavy atom. The number of halogens is 2. The molecule has 0 saturated carbocycles. The van der Waals surface area contributed by atoms with Crippen LogP contribution in [0.5, 0.6) is 5.75 Å². The van der Waals surface area contributed by atoms with Crippen LogP contribution in [0.2, 0.25) is 0 Å². The molecule has 0 spiro atoms. The Bertz CT molecular complexity index is 553. The SMILES string of the molecule is C[C@H](N)c1ccc(OCc2cccc(F)c2F)cc1. The van der Waals surface area contributed by atoms with Crippen LogP contribution in [0.25, 0.3) is 0 Å². The molecular formula is C15H15F2NO. The van der Waals surface area contributed by atoms with E-state index in [-0.39, 0.29) is 18.2 Å². The number of rotatable bonds is 4. The maximum atomic E-state index is 13.4. The summed E-state index contributed by atoms with van der Waals surface area (Å²) in [6.07, 6.45) is 0. The molecule has 0 bridgehead atoms. The molecule has 1 atom stereocenters. The van der Waals surface area contributed by atoms with Gasteiger partial charge in [-0.1, -0.05) is 24.3 Å². The predicted octanol–water partition coefficient (Wildman–Crippen LogP) is 3.56. The summed E-state index contributed by atoms with van der Waals surface area (Å²) in [4.78, 5) is 0. The average Bonchev–Trinajstić information content (AvgIpc) is 2.41. The molecule has 0 heterocycles. The second-order valence-corrected chi connectivity index (χ2v) is 4.36. The first-order chi connectivity index (χ1) is 9.08. The van der Waals surface area contributed by atoms with Crippen molar-refractivity contribution >= 4 is 0 Å². The number of ether oxygens (including phenoxy) is 1. The molecule has 19 heavy (non-hydrogen) atoms. The monoisotopic (exact) mass is 263 g/mol. The summed E-state index contributed by atoms with van der Waals surface area (Å²) < 4.78 is 31.8. The molecule has 0 aliphatic rings. The quantitative estimate of drug-likeness (QED) is 0.915. The van der Waals surface area contributed by atoms with E-state index < -0.39 is 11.6 Å². The van der Waals surface area contributed by atoms with Crippen LogP contribution in [-0.2, 0) is 6.61 Å². The van der Waals surface area contributed by atoms with E-state index in [1.54, 1.807) is 12.1 Å². The number of hydrogen-bond donors (Lipinski definition) is 1. The molecule has 2 N–H and O–H groups in total. The second-order valence-electron chi connectivity index (χ2n) is 4.36. The maximum absolute atomic E-state index is 13.4. The minimum Gasteiger partial charge on any atom is -0.489 e. The summed E-state index contributed by atoms with van der Waals surface area (Å²) in [6, 6.07) is 11.2. The standard InChI is InChI=1S/C15H15F2NO/c1-10(18)11-5-7-13(8-6-11)19-9-12-3-2-4-14(16)15(12)17/h2-8,10H,9,18H2,1H3/t10-/m0/s1. The van der Waals surface area contributed by atoms with Gasteiger partial charge in [-0.15, -0.1) is 0 Å². The molecule has 4 heteroatoms. The maximum Gasteiger partial charge on any atom is 0.165 e. The zero-order valence-electron chi connectivity index (χ0n) is 10.6. The number of nitrogens with two attached hydrogens (primary N) is 1. The lowest BCUT2D eigenvalue weighted by Crippen LogP contribution is -2.05. The van der Waals surface area contributed by atoms with Gasteiger partial charge in [0, 0.05) is 11.6 Å². The fourth-order valence-electron chi connectivity index (χ4n) is 1.69. The summed E-state index contributed by atoms with van der Waals surface area (Å²) in [5.74, 6) is -1.14. The first kappa shape index (κ1) is 13.5. The van der Waals surface area contributed by atoms with Crippen molar-refractivity contribution in [3.63, 3.8) is 0 Å². The van der Waals surface area contributed by atoms with Gasteiger partial charge >= 0.3 is 0 Å². The Balaban J connectivity index is 2.04. The van der Waals surface area contributed by atoms with Crippen LogP contribution >= 0.6 is 0 Å². The molecule has 0 aliphatic carbocycles. The third-order valence-corrected chi connectivity index (χ3v) is 2.83. The van der Waals surface area contributed by atoms with Crippen LogP contribution in [-0.4, -0.2) is 0 Å². The van der Waals surface area contributed by atoms with Crippen molar-refractivity contribution in [1.82, 2.24) is 0 Å². The summed E-state index contributed by atoms with van der Waals surface area (Å²) in [7, 11) is 0. The van der Waals surface area contributed by atoms with Gasteiger partial charge in [0.1, 0.15) is 12.4 Å². The van der Waals surface area contributed by atoms with E-state index in [1.807, 2.05) is 19.1 Å². The van der Waals surface area contributed by atoms with E-state index in [0.29, 0.717) is 5.75 Å². The fraction of sp³-hybridized carbons (Fsp3) is 0.200. The van der Waals surface area contributed by atoms with Crippen LogP contribution in [0, 0.1) is 11.6 Å². The van der Waals surface area contributed by atoms with Gasteiger partial charge in [-0.25, -0.2) is 8.78 Å². The lowest BCUT2D eigenvalue weighted by atomic mass is 10.1. The molecule has 0 saturated heterocycles. The number of benzene rings is 2. The molecule has 0 radical (unpaired) electrons. The fourth-order valence-corrected chi connectivity index (χ4v) is 1.69. The molecule has 2 rings (SSSR count). The average molecular weight is 263 g/mol. The second kappa shape index (κ2) is 5.80. The van der Waals surface area contributed by atoms with E-state index in [9.17, 15) is 8.78 Å². The van der Waals surface area contributed by atoms with Crippen molar-refractivity contribution in [2.75, 3.05) is 0 Å². The van der Waals surface area contributed by atoms with Crippen LogP contribution < -0.4 is 10.5 Å². The molecular weight excluding hydrogens is 248 g/mol. The molecule has 0 aliphatic heterocycles. The molecule has 0 unspecified atom stereocenters. The lowest BCUT2D eigenvalue weighted by Gasteiger charge is -2.09. The molecule has 2 aromatic carbocycles. The zero-order valence-corrected chi connectivity index (χ0v) is 10.6. The summed E-state index contributed by atoms with van der Waals surface area (Å²) >= 11 is 0. The molecule has 100 valence electrons. The molecule has 2 aromatic rings. The molecule has 0 amide bonds. The van der Waals surface area contributed by atoms with E-state index in [0.717, 1.165) is 11.6 Å². The molecule has 0 fully saturated rings. The highest BCUT2D eigenvalue weighted by atomic mass is 19.2. The highest BCUT2D eigenvalue weighted by molar-refractivity contribution is 5.29. The zero-order chi connectivity index (χ0) is 13.8. The first-order valence-electron chi connectivity index (χ1n) is 5.99. The third kappa shape index (κ3) is 3.29. The van der Waals surface area contributed by atoms with Crippen molar-refractivity contribution in [3.8, 4) is 5.75 Å². The summed E-state index contributed by atoms with van der Waals surface area (Å²) in [5, 5.41) is 0. The third-order valence-electron chi connectivity index (χ3n) is 2.83. The van der Waals surface area contributed by atoms with Crippen LogP contribution in [0.1, 0.15) is 24.1 Å². The summed E-state index contributed by atoms with van der Waals surface area (Å²) in [5.41, 5.74) is 6.91. The molecule has 2 nitrogen and oxygen atoms in total. The van der Waals surface area contributed by atoms with Gasteiger partial charge in [0.25, 0.3) is 0 Å². The smallest absolute Gasteiger partial charge is 0.165 e. The van der Waals surface area contributed by atoms with Gasteiger partial charge < -0.3 is 10.5 Å². The lowest BCUT2D eigenvalue weighted by molar-refractivity contribution is 0.297. The highest BCUT2D eigenvalue weighted by Gasteiger charge is 2.08. The Labute approximate surface area is 110 Å². The van der Waals surface area contributed by atoms with Crippen LogP contribution in [0.3, 0.4) is 0 Å². The van der Waals surface area contributed by atoms with Gasteiger partial charge in [-0.05, 0) is 30.7 Å². The van der Waals surface area contributed by atoms with Gasteiger partial charge in [0.05, 0.1) is 0 Å². The van der Waals surface area contributed by atoms with Crippen molar-refractivity contribution < 1.29 is 13.5 Å². The van der Waals surface area contributed by atoms with Crippen molar-refractivity contribution in [2.45, 2.75) is 19.6 Å². The van der Waals surface area contributed by atoms with Gasteiger partial charge in [-0.2, -0.15) is 0 Å². The van der Waals surface area contributed by atoms with Crippen molar-refractivity contribution in [3.05, 3.63) is 65.2 Å². The van der Waals surface area contributed by atoms with Crippen LogP contribution in [0.4, 0.5) is 8.78 Å². The minimum absolute atomic E-state index is 0.0128. The summed E-state index contributed by atoms with van der Waals surface area (Å²) in [6.45, 7) is 1.87. The topological polar surface area (TPSA) is 35.2 Å². The van der Waals surface area contributed by atoms with Gasteiger partial charge in [0.15, 0.2) is 11.6 Å². The Hall–Kier alpha value is -1.94. The Kier molecular flexibility index (Phi) is 4.12. The van der Waals surface area contributed by atoms with E-state index in [1.165, 1.54) is 12.1 Å². The van der Waals surface area contributed by atoms with Crippen LogP contribution in [0.15, 0.2) is 42.5 Å². The van der Waals surface area contributed by atoms with Gasteiger partial charge in [0.2, 0.25) is 0 Å². The van der Waals surface area contributed by atoms with E-state index in [2.05, 4.69) is 0 Å². The molecule has 0 aromatic heterocycles. The minimum atomic E-state index is -0.867.